The van der Waals surface area contributed by atoms with Crippen LogP contribution in [0.25, 0.3) is 0 Å². The monoisotopic (exact) mass is 232 g/mol. The molecule has 0 heterocycles. The van der Waals surface area contributed by atoms with Crippen LogP contribution in [0.3, 0.4) is 0 Å². The van der Waals surface area contributed by atoms with Crippen LogP contribution in [0.2, 0.25) is 0 Å². The molecule has 0 aliphatic heterocycles. The third-order valence-electron chi connectivity index (χ3n) is 2.81. The molecular formula is C13H12O4. The van der Waals surface area contributed by atoms with Gasteiger partial charge in [0.05, 0.1) is 7.11 Å². The van der Waals surface area contributed by atoms with Gasteiger partial charge in [-0.25, -0.2) is 4.79 Å². The third-order valence-corrected chi connectivity index (χ3v) is 2.81. The number of carbonyl (C=O) groups excluding carboxylic acids is 1. The van der Waals surface area contributed by atoms with E-state index in [1.165, 1.54) is 7.11 Å². The summed E-state index contributed by atoms with van der Waals surface area (Å²) in [6.45, 7) is 0. The molecule has 1 N–H and O–H groups in total. The number of methoxy groups -OCH3 is 1. The Labute approximate surface area is 98.5 Å². The van der Waals surface area contributed by atoms with E-state index >= 15 is 0 Å². The van der Waals surface area contributed by atoms with Gasteiger partial charge in [0.15, 0.2) is 5.78 Å². The molecule has 4 heteroatoms. The number of fused-ring (bicyclic) bond motifs is 1. The maximum absolute atomic E-state index is 12.0. The number of hydrogen-bond donors (Lipinski definition) is 1. The highest BCUT2D eigenvalue weighted by Gasteiger charge is 2.22. The lowest BCUT2D eigenvalue weighted by Crippen LogP contribution is -2.15. The van der Waals surface area contributed by atoms with E-state index in [4.69, 9.17) is 9.84 Å². The number of carbonyl (C=O) groups is 2. The molecule has 1 aliphatic rings. The van der Waals surface area contributed by atoms with Gasteiger partial charge < -0.3 is 9.84 Å². The minimum Gasteiger partial charge on any atom is -0.497 e. The molecule has 0 aromatic heterocycles. The van der Waals surface area contributed by atoms with Crippen LogP contribution in [0, 0.1) is 0 Å². The van der Waals surface area contributed by atoms with Crippen LogP contribution in [0.1, 0.15) is 22.3 Å². The molecule has 4 nitrogen and oxygen atoms in total. The zero-order valence-electron chi connectivity index (χ0n) is 9.40. The predicted octanol–water partition coefficient (Wildman–Crippen LogP) is 1.84. The average Bonchev–Trinajstić information content (AvgIpc) is 2.32. The maximum atomic E-state index is 12.0. The Morgan fingerprint density at radius 3 is 2.82 bits per heavy atom. The zero-order valence-corrected chi connectivity index (χ0v) is 9.40. The van der Waals surface area contributed by atoms with Crippen molar-refractivity contribution in [2.75, 3.05) is 7.11 Å². The summed E-state index contributed by atoms with van der Waals surface area (Å²) in [5, 5.41) is 8.68. The topological polar surface area (TPSA) is 63.6 Å². The van der Waals surface area contributed by atoms with Crippen molar-refractivity contribution in [1.82, 2.24) is 0 Å². The second kappa shape index (κ2) is 4.41. The number of rotatable bonds is 2. The predicted molar refractivity (Wildman–Crippen MR) is 61.4 cm³/mol. The van der Waals surface area contributed by atoms with E-state index < -0.39 is 5.97 Å². The number of aliphatic carboxylic acids is 1. The Kier molecular flexibility index (Phi) is 2.95. The summed E-state index contributed by atoms with van der Waals surface area (Å²) in [6, 6.07) is 5.31. The molecule has 0 bridgehead atoms. The zero-order chi connectivity index (χ0) is 12.4. The Hall–Kier alpha value is -2.10. The normalized spacial score (nSPS) is 16.8. The smallest absolute Gasteiger partial charge is 0.328 e. The molecule has 88 valence electrons. The molecule has 0 radical (unpaired) electrons. The van der Waals surface area contributed by atoms with Crippen molar-refractivity contribution in [2.45, 2.75) is 12.8 Å². The molecule has 0 spiro atoms. The quantitative estimate of drug-likeness (QED) is 0.790. The minimum atomic E-state index is -1.08. The van der Waals surface area contributed by atoms with Gasteiger partial charge in [-0.05, 0) is 30.5 Å². The number of allylic oxidation sites excluding steroid dienone is 1. The van der Waals surface area contributed by atoms with Crippen LogP contribution in [-0.4, -0.2) is 24.0 Å². The van der Waals surface area contributed by atoms with Gasteiger partial charge in [-0.2, -0.15) is 0 Å². The van der Waals surface area contributed by atoms with Gasteiger partial charge in [-0.15, -0.1) is 0 Å². The van der Waals surface area contributed by atoms with Crippen molar-refractivity contribution in [1.29, 1.82) is 0 Å². The number of hydrogen-bond acceptors (Lipinski definition) is 3. The summed E-state index contributed by atoms with van der Waals surface area (Å²) in [5.74, 6) is -0.694. The second-order valence-electron chi connectivity index (χ2n) is 3.86. The number of aryl methyl sites for hydroxylation is 1. The summed E-state index contributed by atoms with van der Waals surface area (Å²) < 4.78 is 5.06. The standard InChI is InChI=1S/C13H12O4/c1-17-10-5-4-8-2-3-9(6-12(14)15)13(16)11(8)7-10/h4-7H,2-3H2,1H3,(H,14,15)/b9-6+. The first-order valence-electron chi connectivity index (χ1n) is 5.27. The van der Waals surface area contributed by atoms with E-state index in [1.54, 1.807) is 12.1 Å². The average molecular weight is 232 g/mol. The van der Waals surface area contributed by atoms with E-state index in [9.17, 15) is 9.59 Å². The van der Waals surface area contributed by atoms with Crippen LogP contribution >= 0.6 is 0 Å². The molecular weight excluding hydrogens is 220 g/mol. The number of ketones is 1. The van der Waals surface area contributed by atoms with E-state index in [1.807, 2.05) is 6.07 Å². The van der Waals surface area contributed by atoms with Crippen LogP contribution in [0.4, 0.5) is 0 Å². The van der Waals surface area contributed by atoms with Gasteiger partial charge in [-0.3, -0.25) is 4.79 Å². The van der Waals surface area contributed by atoms with Crippen LogP contribution in [0.15, 0.2) is 29.8 Å². The number of ether oxygens (including phenoxy) is 1. The number of carboxylic acid groups (broad SMARTS) is 1. The fourth-order valence-electron chi connectivity index (χ4n) is 1.95. The number of Topliss-reactive ketones (excluding diaryl/α,β-unsaturated/α-hetero) is 1. The van der Waals surface area contributed by atoms with Crippen LogP contribution in [-0.2, 0) is 11.2 Å². The lowest BCUT2D eigenvalue weighted by atomic mass is 9.86. The minimum absolute atomic E-state index is 0.215. The van der Waals surface area contributed by atoms with E-state index in [0.717, 1.165) is 11.6 Å². The second-order valence-corrected chi connectivity index (χ2v) is 3.86. The molecule has 0 saturated heterocycles. The summed E-state index contributed by atoms with van der Waals surface area (Å²) in [6.07, 6.45) is 2.15. The summed E-state index contributed by atoms with van der Waals surface area (Å²) in [5.41, 5.74) is 1.83. The molecule has 1 aromatic carbocycles. The molecule has 0 atom stereocenters. The van der Waals surface area contributed by atoms with Gasteiger partial charge in [0.25, 0.3) is 0 Å². The van der Waals surface area contributed by atoms with Gasteiger partial charge >= 0.3 is 5.97 Å². The fraction of sp³-hybridized carbons (Fsp3) is 0.231. The van der Waals surface area contributed by atoms with Gasteiger partial charge in [0.2, 0.25) is 0 Å². The fourth-order valence-corrected chi connectivity index (χ4v) is 1.95. The van der Waals surface area contributed by atoms with E-state index in [-0.39, 0.29) is 5.78 Å². The Balaban J connectivity index is 2.43. The first-order chi connectivity index (χ1) is 8.11. The highest BCUT2D eigenvalue weighted by atomic mass is 16.5. The largest absolute Gasteiger partial charge is 0.497 e. The summed E-state index contributed by atoms with van der Waals surface area (Å²) in [7, 11) is 1.53. The van der Waals surface area contributed by atoms with Crippen molar-refractivity contribution in [3.63, 3.8) is 0 Å². The Bertz CT molecular complexity index is 514. The number of carboxylic acids is 1. The molecule has 1 aromatic rings. The van der Waals surface area contributed by atoms with Gasteiger partial charge in [0.1, 0.15) is 5.75 Å². The first-order valence-corrected chi connectivity index (χ1v) is 5.27. The third kappa shape index (κ3) is 2.20. The lowest BCUT2D eigenvalue weighted by Gasteiger charge is -2.17. The van der Waals surface area contributed by atoms with Crippen molar-refractivity contribution in [3.8, 4) is 5.75 Å². The molecule has 1 aliphatic carbocycles. The SMILES string of the molecule is COc1ccc2c(c1)C(=O)/C(=C/C(=O)O)CC2. The van der Waals surface area contributed by atoms with E-state index in [2.05, 4.69) is 0 Å². The summed E-state index contributed by atoms with van der Waals surface area (Å²) in [4.78, 5) is 22.6. The van der Waals surface area contributed by atoms with Gasteiger partial charge in [0, 0.05) is 17.2 Å². The van der Waals surface area contributed by atoms with Crippen molar-refractivity contribution in [2.24, 2.45) is 0 Å². The molecule has 0 saturated carbocycles. The molecule has 0 amide bonds. The molecule has 17 heavy (non-hydrogen) atoms. The van der Waals surface area contributed by atoms with Gasteiger partial charge in [-0.1, -0.05) is 6.07 Å². The highest BCUT2D eigenvalue weighted by molar-refractivity contribution is 6.13. The van der Waals surface area contributed by atoms with Crippen molar-refractivity contribution in [3.05, 3.63) is 41.0 Å². The van der Waals surface area contributed by atoms with Crippen molar-refractivity contribution >= 4 is 11.8 Å². The Morgan fingerprint density at radius 1 is 1.41 bits per heavy atom. The molecule has 0 fully saturated rings. The Morgan fingerprint density at radius 2 is 2.18 bits per heavy atom. The molecule has 2 rings (SSSR count). The summed E-state index contributed by atoms with van der Waals surface area (Å²) >= 11 is 0. The van der Waals surface area contributed by atoms with Crippen LogP contribution < -0.4 is 4.74 Å². The number of benzene rings is 1. The lowest BCUT2D eigenvalue weighted by molar-refractivity contribution is -0.131. The molecule has 0 unspecified atom stereocenters. The maximum Gasteiger partial charge on any atom is 0.328 e. The van der Waals surface area contributed by atoms with E-state index in [0.29, 0.717) is 29.7 Å². The van der Waals surface area contributed by atoms with Crippen LogP contribution in [0.5, 0.6) is 5.75 Å². The van der Waals surface area contributed by atoms with Crippen molar-refractivity contribution < 1.29 is 19.4 Å². The first kappa shape index (κ1) is 11.4. The highest BCUT2D eigenvalue weighted by Crippen LogP contribution is 2.28.